The van der Waals surface area contributed by atoms with Crippen LogP contribution in [0.3, 0.4) is 0 Å². The van der Waals surface area contributed by atoms with Gasteiger partial charge in [0.05, 0.1) is 30.8 Å². The molecule has 1 atom stereocenters. The van der Waals surface area contributed by atoms with Crippen molar-refractivity contribution in [2.24, 2.45) is 5.41 Å². The molecule has 1 spiro atoms. The van der Waals surface area contributed by atoms with Crippen molar-refractivity contribution in [3.8, 4) is 0 Å². The molecule has 0 radical (unpaired) electrons. The van der Waals surface area contributed by atoms with Gasteiger partial charge in [0, 0.05) is 13.0 Å². The first-order valence-corrected chi connectivity index (χ1v) is 5.65. The van der Waals surface area contributed by atoms with E-state index in [1.165, 1.54) is 0 Å². The zero-order chi connectivity index (χ0) is 11.6. The van der Waals surface area contributed by atoms with Crippen molar-refractivity contribution in [2.75, 3.05) is 33.2 Å². The van der Waals surface area contributed by atoms with E-state index >= 15 is 0 Å². The molecule has 1 N–H and O–H groups in total. The maximum absolute atomic E-state index is 8.88. The zero-order valence-corrected chi connectivity index (χ0v) is 9.90. The molecule has 0 aromatic rings. The van der Waals surface area contributed by atoms with Gasteiger partial charge >= 0.3 is 0 Å². The van der Waals surface area contributed by atoms with Crippen molar-refractivity contribution in [3.05, 3.63) is 0 Å². The second-order valence-corrected chi connectivity index (χ2v) is 4.98. The highest BCUT2D eigenvalue weighted by Crippen LogP contribution is 2.42. The predicted octanol–water partition coefficient (Wildman–Crippen LogP) is 0.511. The van der Waals surface area contributed by atoms with Gasteiger partial charge in [-0.15, -0.1) is 0 Å². The van der Waals surface area contributed by atoms with E-state index in [9.17, 15) is 0 Å². The molecule has 5 heteroatoms. The number of hydrogen-bond donors (Lipinski definition) is 1. The van der Waals surface area contributed by atoms with Crippen LogP contribution in [0, 0.1) is 5.41 Å². The minimum atomic E-state index is -0.370. The van der Waals surface area contributed by atoms with Crippen LogP contribution in [0.25, 0.3) is 0 Å². The lowest BCUT2D eigenvalue weighted by atomic mass is 9.74. The fourth-order valence-electron chi connectivity index (χ4n) is 2.17. The lowest BCUT2D eigenvalue weighted by molar-refractivity contribution is -0.342. The summed E-state index contributed by atoms with van der Waals surface area (Å²) in [6, 6.07) is 0. The van der Waals surface area contributed by atoms with Crippen molar-refractivity contribution < 1.29 is 24.1 Å². The molecular weight excluding hydrogens is 212 g/mol. The molecule has 0 bridgehead atoms. The van der Waals surface area contributed by atoms with Gasteiger partial charge in [0.15, 0.2) is 6.29 Å². The largest absolute Gasteiger partial charge is 0.396 e. The molecule has 0 aromatic heterocycles. The summed E-state index contributed by atoms with van der Waals surface area (Å²) in [6.45, 7) is 6.19. The van der Waals surface area contributed by atoms with E-state index in [2.05, 4.69) is 0 Å². The highest BCUT2D eigenvalue weighted by molar-refractivity contribution is 4.98. The number of aliphatic hydroxyl groups is 1. The van der Waals surface area contributed by atoms with E-state index in [0.29, 0.717) is 33.0 Å². The molecule has 1 unspecified atom stereocenters. The maximum atomic E-state index is 8.88. The maximum Gasteiger partial charge on any atom is 0.160 e. The normalized spacial score (nSPS) is 32.8. The topological polar surface area (TPSA) is 57.2 Å². The van der Waals surface area contributed by atoms with E-state index in [1.807, 2.05) is 13.8 Å². The molecule has 0 amide bonds. The summed E-state index contributed by atoms with van der Waals surface area (Å²) >= 11 is 0. The van der Waals surface area contributed by atoms with E-state index in [-0.39, 0.29) is 23.9 Å². The minimum Gasteiger partial charge on any atom is -0.396 e. The Labute approximate surface area is 95.6 Å². The van der Waals surface area contributed by atoms with Gasteiger partial charge in [0.1, 0.15) is 6.79 Å². The van der Waals surface area contributed by atoms with E-state index in [1.54, 1.807) is 0 Å². The fourth-order valence-corrected chi connectivity index (χ4v) is 2.17. The molecular formula is C11H20O5. The molecule has 16 heavy (non-hydrogen) atoms. The number of aliphatic hydroxyl groups excluding tert-OH is 1. The first-order chi connectivity index (χ1) is 7.60. The van der Waals surface area contributed by atoms with Crippen molar-refractivity contribution >= 4 is 0 Å². The van der Waals surface area contributed by atoms with Gasteiger partial charge in [-0.05, 0) is 13.8 Å². The molecule has 2 aliphatic rings. The quantitative estimate of drug-likeness (QED) is 0.752. The van der Waals surface area contributed by atoms with Crippen LogP contribution in [-0.2, 0) is 18.9 Å². The molecule has 2 rings (SSSR count). The molecule has 5 nitrogen and oxygen atoms in total. The van der Waals surface area contributed by atoms with Crippen LogP contribution in [0.15, 0.2) is 0 Å². The smallest absolute Gasteiger partial charge is 0.160 e. The Morgan fingerprint density at radius 3 is 2.44 bits per heavy atom. The van der Waals surface area contributed by atoms with E-state index < -0.39 is 0 Å². The van der Waals surface area contributed by atoms with Crippen molar-refractivity contribution in [1.82, 2.24) is 0 Å². The Bertz CT molecular complexity index is 235. The first kappa shape index (κ1) is 12.3. The summed E-state index contributed by atoms with van der Waals surface area (Å²) in [7, 11) is 0. The van der Waals surface area contributed by atoms with Crippen LogP contribution in [0.5, 0.6) is 0 Å². The lowest BCUT2D eigenvalue weighted by Crippen LogP contribution is -2.61. The second-order valence-electron chi connectivity index (χ2n) is 4.98. The van der Waals surface area contributed by atoms with Gasteiger partial charge in [-0.3, -0.25) is 0 Å². The third-order valence-electron chi connectivity index (χ3n) is 3.54. The summed E-state index contributed by atoms with van der Waals surface area (Å²) in [5.74, 6) is 0. The van der Waals surface area contributed by atoms with Crippen LogP contribution < -0.4 is 0 Å². The van der Waals surface area contributed by atoms with Gasteiger partial charge in [0.25, 0.3) is 0 Å². The Hall–Kier alpha value is -0.200. The standard InChI is InChI=1S/C11H20O5/c1-10(2)11(5-13-8-14-6-11)7-15-9(16-10)3-4-12/h9,12H,3-8H2,1-2H3. The van der Waals surface area contributed by atoms with E-state index in [0.717, 1.165) is 0 Å². The Balaban J connectivity index is 2.05. The minimum absolute atomic E-state index is 0.0702. The molecule has 2 fully saturated rings. The first-order valence-electron chi connectivity index (χ1n) is 5.65. The Morgan fingerprint density at radius 1 is 1.19 bits per heavy atom. The summed E-state index contributed by atoms with van der Waals surface area (Å²) in [4.78, 5) is 0. The third-order valence-corrected chi connectivity index (χ3v) is 3.54. The molecule has 2 heterocycles. The average Bonchev–Trinajstić information content (AvgIpc) is 2.25. The van der Waals surface area contributed by atoms with Crippen LogP contribution in [0.2, 0.25) is 0 Å². The zero-order valence-electron chi connectivity index (χ0n) is 9.90. The number of ether oxygens (including phenoxy) is 4. The predicted molar refractivity (Wildman–Crippen MR) is 55.8 cm³/mol. The fraction of sp³-hybridized carbons (Fsp3) is 1.00. The van der Waals surface area contributed by atoms with Crippen molar-refractivity contribution in [3.63, 3.8) is 0 Å². The van der Waals surface area contributed by atoms with E-state index in [4.69, 9.17) is 24.1 Å². The summed E-state index contributed by atoms with van der Waals surface area (Å²) in [6.07, 6.45) is 0.175. The lowest BCUT2D eigenvalue weighted by Gasteiger charge is -2.52. The number of rotatable bonds is 2. The molecule has 2 aliphatic heterocycles. The Morgan fingerprint density at radius 2 is 1.88 bits per heavy atom. The molecule has 0 aliphatic carbocycles. The van der Waals surface area contributed by atoms with Gasteiger partial charge in [-0.2, -0.15) is 0 Å². The summed E-state index contributed by atoms with van der Waals surface area (Å²) < 4.78 is 22.2. The number of hydrogen-bond acceptors (Lipinski definition) is 5. The molecule has 94 valence electrons. The molecule has 2 saturated heterocycles. The third kappa shape index (κ3) is 2.10. The summed E-state index contributed by atoms with van der Waals surface area (Å²) in [5.41, 5.74) is -0.608. The summed E-state index contributed by atoms with van der Waals surface area (Å²) in [5, 5.41) is 8.88. The van der Waals surface area contributed by atoms with Crippen molar-refractivity contribution in [1.29, 1.82) is 0 Å². The van der Waals surface area contributed by atoms with Gasteiger partial charge in [-0.25, -0.2) is 0 Å². The van der Waals surface area contributed by atoms with Crippen LogP contribution >= 0.6 is 0 Å². The van der Waals surface area contributed by atoms with Gasteiger partial charge in [0.2, 0.25) is 0 Å². The van der Waals surface area contributed by atoms with Crippen LogP contribution in [0.1, 0.15) is 20.3 Å². The van der Waals surface area contributed by atoms with Gasteiger partial charge in [-0.1, -0.05) is 0 Å². The molecule has 0 saturated carbocycles. The highest BCUT2D eigenvalue weighted by Gasteiger charge is 2.52. The molecule has 0 aromatic carbocycles. The average molecular weight is 232 g/mol. The highest BCUT2D eigenvalue weighted by atomic mass is 16.7. The van der Waals surface area contributed by atoms with Crippen LogP contribution in [-0.4, -0.2) is 50.2 Å². The van der Waals surface area contributed by atoms with Crippen LogP contribution in [0.4, 0.5) is 0 Å². The van der Waals surface area contributed by atoms with Gasteiger partial charge < -0.3 is 24.1 Å². The van der Waals surface area contributed by atoms with Crippen molar-refractivity contribution in [2.45, 2.75) is 32.2 Å². The second kappa shape index (κ2) is 4.58. The monoisotopic (exact) mass is 232 g/mol. The SMILES string of the molecule is CC1(C)OC(CCO)OCC12COCOC2. The Kier molecular flexibility index (Phi) is 3.51.